The first-order chi connectivity index (χ1) is 13.1. The predicted molar refractivity (Wildman–Crippen MR) is 106 cm³/mol. The van der Waals surface area contributed by atoms with Gasteiger partial charge in [-0.05, 0) is 31.2 Å². The van der Waals surface area contributed by atoms with Gasteiger partial charge in [0.1, 0.15) is 5.54 Å². The third kappa shape index (κ3) is 4.30. The smallest absolute Gasteiger partial charge is 0.246 e. The van der Waals surface area contributed by atoms with Crippen LogP contribution in [0.2, 0.25) is 0 Å². The maximum atomic E-state index is 13.0. The lowest BCUT2D eigenvalue weighted by atomic mass is 9.86. The Bertz CT molecular complexity index is 782. The molecule has 0 atom stereocenters. The molecule has 142 valence electrons. The summed E-state index contributed by atoms with van der Waals surface area (Å²) in [4.78, 5) is 31.8. The van der Waals surface area contributed by atoms with Crippen molar-refractivity contribution in [2.24, 2.45) is 0 Å². The number of hydrogen-bond donors (Lipinski definition) is 2. The number of aromatic nitrogens is 1. The average molecular weight is 385 g/mol. The Labute approximate surface area is 163 Å². The van der Waals surface area contributed by atoms with E-state index in [1.165, 1.54) is 11.3 Å². The fraction of sp³-hybridized carbons (Fsp3) is 0.450. The van der Waals surface area contributed by atoms with Gasteiger partial charge in [0.25, 0.3) is 0 Å². The summed E-state index contributed by atoms with van der Waals surface area (Å²) in [6.45, 7) is 1.14. The molecule has 0 radical (unpaired) electrons. The second-order valence-corrected chi connectivity index (χ2v) is 8.23. The normalized spacial score (nSPS) is 18.7. The Hall–Kier alpha value is -2.41. The Balaban J connectivity index is 1.42. The minimum absolute atomic E-state index is 0.0374. The third-order valence-electron chi connectivity index (χ3n) is 5.29. The van der Waals surface area contributed by atoms with Crippen LogP contribution in [0.3, 0.4) is 0 Å². The summed E-state index contributed by atoms with van der Waals surface area (Å²) in [5.74, 6) is 0.155. The largest absolute Gasteiger partial charge is 0.351 e. The van der Waals surface area contributed by atoms with Crippen molar-refractivity contribution >= 4 is 28.3 Å². The van der Waals surface area contributed by atoms with Gasteiger partial charge in [0, 0.05) is 30.7 Å². The van der Waals surface area contributed by atoms with Crippen molar-refractivity contribution in [3.05, 3.63) is 47.5 Å². The lowest BCUT2D eigenvalue weighted by Gasteiger charge is -2.41. The molecule has 4 rings (SSSR count). The van der Waals surface area contributed by atoms with E-state index in [1.807, 2.05) is 40.6 Å². The van der Waals surface area contributed by atoms with Gasteiger partial charge in [-0.1, -0.05) is 30.3 Å². The number of hydrogen-bond acceptors (Lipinski definition) is 5. The average Bonchev–Trinajstić information content (AvgIpc) is 3.36. The summed E-state index contributed by atoms with van der Waals surface area (Å²) < 4.78 is 0. The monoisotopic (exact) mass is 384 g/mol. The molecule has 1 saturated heterocycles. The van der Waals surface area contributed by atoms with Crippen molar-refractivity contribution in [3.63, 3.8) is 0 Å². The van der Waals surface area contributed by atoms with Gasteiger partial charge in [-0.3, -0.25) is 9.59 Å². The van der Waals surface area contributed by atoms with Crippen molar-refractivity contribution in [3.8, 4) is 0 Å². The highest BCUT2D eigenvalue weighted by Crippen LogP contribution is 2.30. The fourth-order valence-electron chi connectivity index (χ4n) is 3.47. The standard InChI is InChI=1S/C20H24N4O2S/c25-17(14-15-4-2-1-3-5-15)24-11-8-20(9-12-24,18(26)22-16-6-7-16)23-19-21-10-13-27-19/h1-5,10,13,16H,6-9,11-12,14H2,(H,21,23)(H,22,26). The van der Waals surface area contributed by atoms with Gasteiger partial charge in [-0.25, -0.2) is 4.98 Å². The van der Waals surface area contributed by atoms with E-state index in [9.17, 15) is 9.59 Å². The summed E-state index contributed by atoms with van der Waals surface area (Å²) in [6.07, 6.45) is 5.43. The number of rotatable bonds is 6. The SMILES string of the molecule is O=C(Cc1ccccc1)N1CCC(Nc2nccs2)(C(=O)NC2CC2)CC1. The van der Waals surface area contributed by atoms with Crippen LogP contribution in [0.1, 0.15) is 31.2 Å². The zero-order valence-corrected chi connectivity index (χ0v) is 16.0. The van der Waals surface area contributed by atoms with Crippen LogP contribution in [0.15, 0.2) is 41.9 Å². The molecule has 1 aliphatic carbocycles. The quantitative estimate of drug-likeness (QED) is 0.802. The molecular formula is C20H24N4O2S. The number of likely N-dealkylation sites (tertiary alicyclic amines) is 1. The van der Waals surface area contributed by atoms with Gasteiger partial charge >= 0.3 is 0 Å². The molecule has 0 unspecified atom stereocenters. The van der Waals surface area contributed by atoms with Gasteiger partial charge in [-0.15, -0.1) is 11.3 Å². The second-order valence-electron chi connectivity index (χ2n) is 7.34. The van der Waals surface area contributed by atoms with Crippen molar-refractivity contribution in [2.75, 3.05) is 18.4 Å². The van der Waals surface area contributed by atoms with Crippen molar-refractivity contribution in [2.45, 2.75) is 43.7 Å². The van der Waals surface area contributed by atoms with E-state index in [4.69, 9.17) is 0 Å². The minimum atomic E-state index is -0.691. The fourth-order valence-corrected chi connectivity index (χ4v) is 4.10. The lowest BCUT2D eigenvalue weighted by Crippen LogP contribution is -2.59. The summed E-state index contributed by atoms with van der Waals surface area (Å²) in [6, 6.07) is 10.1. The van der Waals surface area contributed by atoms with Gasteiger partial charge in [0.15, 0.2) is 5.13 Å². The first-order valence-electron chi connectivity index (χ1n) is 9.45. The zero-order valence-electron chi connectivity index (χ0n) is 15.2. The molecule has 27 heavy (non-hydrogen) atoms. The summed E-state index contributed by atoms with van der Waals surface area (Å²) in [5.41, 5.74) is 0.330. The maximum Gasteiger partial charge on any atom is 0.246 e. The first-order valence-corrected chi connectivity index (χ1v) is 10.3. The molecule has 1 aromatic heterocycles. The highest BCUT2D eigenvalue weighted by atomic mass is 32.1. The van der Waals surface area contributed by atoms with E-state index in [2.05, 4.69) is 15.6 Å². The number of benzene rings is 1. The Morgan fingerprint density at radius 1 is 1.19 bits per heavy atom. The van der Waals surface area contributed by atoms with E-state index in [1.54, 1.807) is 6.20 Å². The number of nitrogens with zero attached hydrogens (tertiary/aromatic N) is 2. The van der Waals surface area contributed by atoms with E-state index in [0.29, 0.717) is 38.4 Å². The lowest BCUT2D eigenvalue weighted by molar-refractivity contribution is -0.135. The van der Waals surface area contributed by atoms with Crippen LogP contribution in [0.25, 0.3) is 0 Å². The molecule has 0 bridgehead atoms. The summed E-state index contributed by atoms with van der Waals surface area (Å²) in [5, 5.41) is 9.16. The van der Waals surface area contributed by atoms with Gasteiger partial charge < -0.3 is 15.5 Å². The number of nitrogens with one attached hydrogen (secondary N) is 2. The van der Waals surface area contributed by atoms with Crippen LogP contribution >= 0.6 is 11.3 Å². The Kier molecular flexibility index (Phi) is 5.11. The van der Waals surface area contributed by atoms with E-state index in [0.717, 1.165) is 23.5 Å². The summed E-state index contributed by atoms with van der Waals surface area (Å²) >= 11 is 1.49. The highest BCUT2D eigenvalue weighted by molar-refractivity contribution is 7.13. The molecule has 2 heterocycles. The number of anilines is 1. The molecular weight excluding hydrogens is 360 g/mol. The van der Waals surface area contributed by atoms with Crippen LogP contribution in [0.5, 0.6) is 0 Å². The van der Waals surface area contributed by atoms with E-state index >= 15 is 0 Å². The van der Waals surface area contributed by atoms with Gasteiger partial charge in [-0.2, -0.15) is 0 Å². The summed E-state index contributed by atoms with van der Waals surface area (Å²) in [7, 11) is 0. The molecule has 2 fully saturated rings. The molecule has 0 spiro atoms. The molecule has 1 aromatic carbocycles. The van der Waals surface area contributed by atoms with Crippen molar-refractivity contribution in [1.29, 1.82) is 0 Å². The van der Waals surface area contributed by atoms with Crippen LogP contribution < -0.4 is 10.6 Å². The first kappa shape index (κ1) is 18.0. The van der Waals surface area contributed by atoms with E-state index < -0.39 is 5.54 Å². The maximum absolute atomic E-state index is 13.0. The Morgan fingerprint density at radius 3 is 2.56 bits per heavy atom. The molecule has 7 heteroatoms. The van der Waals surface area contributed by atoms with Crippen LogP contribution in [-0.4, -0.2) is 46.4 Å². The molecule has 2 aromatic rings. The number of carbonyl (C=O) groups excluding carboxylic acids is 2. The highest BCUT2D eigenvalue weighted by Gasteiger charge is 2.44. The number of amides is 2. The Morgan fingerprint density at radius 2 is 1.93 bits per heavy atom. The van der Waals surface area contributed by atoms with Crippen LogP contribution in [-0.2, 0) is 16.0 Å². The molecule has 2 N–H and O–H groups in total. The number of carbonyl (C=O) groups is 2. The van der Waals surface area contributed by atoms with Gasteiger partial charge in [0.2, 0.25) is 11.8 Å². The molecule has 1 saturated carbocycles. The number of piperidine rings is 1. The predicted octanol–water partition coefficient (Wildman–Crippen LogP) is 2.44. The zero-order chi connectivity index (χ0) is 18.7. The van der Waals surface area contributed by atoms with Crippen LogP contribution in [0.4, 0.5) is 5.13 Å². The number of thiazole rings is 1. The molecule has 2 aliphatic rings. The molecule has 1 aliphatic heterocycles. The van der Waals surface area contributed by atoms with Crippen molar-refractivity contribution < 1.29 is 9.59 Å². The minimum Gasteiger partial charge on any atom is -0.351 e. The van der Waals surface area contributed by atoms with Gasteiger partial charge in [0.05, 0.1) is 6.42 Å². The van der Waals surface area contributed by atoms with Crippen LogP contribution in [0, 0.1) is 0 Å². The molecule has 6 nitrogen and oxygen atoms in total. The topological polar surface area (TPSA) is 74.3 Å². The van der Waals surface area contributed by atoms with E-state index in [-0.39, 0.29) is 11.8 Å². The van der Waals surface area contributed by atoms with Crippen molar-refractivity contribution in [1.82, 2.24) is 15.2 Å². The third-order valence-corrected chi connectivity index (χ3v) is 5.98. The second kappa shape index (κ2) is 7.68. The molecule has 2 amide bonds.